The van der Waals surface area contributed by atoms with Crippen LogP contribution in [0.3, 0.4) is 0 Å². The number of aliphatic hydroxyl groups is 1. The lowest BCUT2D eigenvalue weighted by Crippen LogP contribution is -2.67. The van der Waals surface area contributed by atoms with Crippen LogP contribution in [0.2, 0.25) is 5.04 Å². The topological polar surface area (TPSA) is 29.5 Å². The van der Waals surface area contributed by atoms with Crippen molar-refractivity contribution in [2.75, 3.05) is 6.61 Å². The standard InChI is InChI=1S/C34H54O2Si/c1-5-6-7-17-24-31(25-18-13-11-9-8-10-12-14-23-30-35)36-37(34(2,3)4,32-26-19-15-20-27-32)33-28-21-16-22-29-33/h13,15-16,18-22,26-29,31,35H,5-12,14,17,23-25,30H2,1-4H3/b18-13-/t31-/m1/s1. The molecular weight excluding hydrogens is 468 g/mol. The summed E-state index contributed by atoms with van der Waals surface area (Å²) in [4.78, 5) is 0. The molecule has 2 rings (SSSR count). The quantitative estimate of drug-likeness (QED) is 0.114. The Morgan fingerprint density at radius 2 is 1.27 bits per heavy atom. The molecule has 0 bridgehead atoms. The van der Waals surface area contributed by atoms with Gasteiger partial charge in [0, 0.05) is 12.7 Å². The molecule has 0 amide bonds. The van der Waals surface area contributed by atoms with Crippen molar-refractivity contribution in [1.29, 1.82) is 0 Å². The van der Waals surface area contributed by atoms with Crippen molar-refractivity contribution in [2.45, 2.75) is 122 Å². The average Bonchev–Trinajstić information content (AvgIpc) is 2.90. The fourth-order valence-electron chi connectivity index (χ4n) is 5.41. The zero-order valence-corrected chi connectivity index (χ0v) is 25.3. The molecule has 3 heteroatoms. The maximum atomic E-state index is 8.92. The Kier molecular flexibility index (Phi) is 15.1. The van der Waals surface area contributed by atoms with E-state index in [0.717, 1.165) is 32.1 Å². The number of benzene rings is 2. The number of hydrogen-bond donors (Lipinski definition) is 1. The second-order valence-corrected chi connectivity index (χ2v) is 15.8. The van der Waals surface area contributed by atoms with Crippen LogP contribution in [0.4, 0.5) is 0 Å². The van der Waals surface area contributed by atoms with Gasteiger partial charge >= 0.3 is 0 Å². The van der Waals surface area contributed by atoms with Gasteiger partial charge in [-0.1, -0.05) is 152 Å². The van der Waals surface area contributed by atoms with Crippen LogP contribution < -0.4 is 10.4 Å². The third kappa shape index (κ3) is 10.5. The van der Waals surface area contributed by atoms with Gasteiger partial charge in [0.2, 0.25) is 0 Å². The van der Waals surface area contributed by atoms with Crippen LogP contribution in [0.15, 0.2) is 72.8 Å². The van der Waals surface area contributed by atoms with Crippen LogP contribution in [0, 0.1) is 0 Å². The van der Waals surface area contributed by atoms with Crippen LogP contribution in [0.5, 0.6) is 0 Å². The predicted octanol–water partition coefficient (Wildman–Crippen LogP) is 8.57. The Hall–Kier alpha value is -1.68. The van der Waals surface area contributed by atoms with Gasteiger partial charge in [-0.25, -0.2) is 0 Å². The lowest BCUT2D eigenvalue weighted by atomic mass is 10.1. The molecule has 0 aliphatic rings. The number of allylic oxidation sites excluding steroid dienone is 1. The van der Waals surface area contributed by atoms with E-state index in [0.29, 0.717) is 6.61 Å². The van der Waals surface area contributed by atoms with Crippen LogP contribution in [0.1, 0.15) is 111 Å². The van der Waals surface area contributed by atoms with Gasteiger partial charge in [-0.3, -0.25) is 0 Å². The van der Waals surface area contributed by atoms with E-state index in [1.54, 1.807) is 0 Å². The minimum absolute atomic E-state index is 0.0110. The molecule has 0 saturated heterocycles. The largest absolute Gasteiger partial charge is 0.404 e. The number of unbranched alkanes of at least 4 members (excludes halogenated alkanes) is 9. The van der Waals surface area contributed by atoms with Crippen LogP contribution in [-0.4, -0.2) is 26.1 Å². The Balaban J connectivity index is 2.18. The van der Waals surface area contributed by atoms with E-state index >= 15 is 0 Å². The van der Waals surface area contributed by atoms with E-state index in [1.807, 2.05) is 0 Å². The van der Waals surface area contributed by atoms with Gasteiger partial charge in [-0.2, -0.15) is 0 Å². The first-order valence-electron chi connectivity index (χ1n) is 15.0. The molecule has 0 saturated carbocycles. The minimum Gasteiger partial charge on any atom is -0.404 e. The zero-order valence-electron chi connectivity index (χ0n) is 24.3. The Morgan fingerprint density at radius 1 is 0.730 bits per heavy atom. The minimum atomic E-state index is -2.53. The third-order valence-electron chi connectivity index (χ3n) is 7.48. The van der Waals surface area contributed by atoms with Crippen molar-refractivity contribution >= 4 is 18.7 Å². The molecule has 2 aromatic carbocycles. The van der Waals surface area contributed by atoms with E-state index < -0.39 is 8.32 Å². The fraction of sp³-hybridized carbons (Fsp3) is 0.588. The summed E-state index contributed by atoms with van der Waals surface area (Å²) in [6.07, 6.45) is 20.6. The summed E-state index contributed by atoms with van der Waals surface area (Å²) in [6.45, 7) is 9.75. The maximum absolute atomic E-state index is 8.92. The Morgan fingerprint density at radius 3 is 1.81 bits per heavy atom. The Labute approximate surface area is 229 Å². The molecule has 2 nitrogen and oxygen atoms in total. The van der Waals surface area contributed by atoms with E-state index in [2.05, 4.69) is 101 Å². The summed E-state index contributed by atoms with van der Waals surface area (Å²) < 4.78 is 7.50. The summed E-state index contributed by atoms with van der Waals surface area (Å²) >= 11 is 0. The normalized spacial score (nSPS) is 13.3. The summed E-state index contributed by atoms with van der Waals surface area (Å²) in [7, 11) is -2.53. The Bertz CT molecular complexity index is 802. The van der Waals surface area contributed by atoms with Crippen LogP contribution >= 0.6 is 0 Å². The van der Waals surface area contributed by atoms with Crippen LogP contribution in [0.25, 0.3) is 0 Å². The van der Waals surface area contributed by atoms with Gasteiger partial charge < -0.3 is 9.53 Å². The molecule has 0 aliphatic carbocycles. The highest BCUT2D eigenvalue weighted by Crippen LogP contribution is 2.38. The summed E-state index contributed by atoms with van der Waals surface area (Å²) in [5.41, 5.74) is 0. The lowest BCUT2D eigenvalue weighted by Gasteiger charge is -2.45. The molecule has 1 atom stereocenters. The third-order valence-corrected chi connectivity index (χ3v) is 12.6. The predicted molar refractivity (Wildman–Crippen MR) is 164 cm³/mol. The van der Waals surface area contributed by atoms with Crippen molar-refractivity contribution < 1.29 is 9.53 Å². The molecule has 0 aliphatic heterocycles. The van der Waals surface area contributed by atoms with Gasteiger partial charge in [0.25, 0.3) is 8.32 Å². The molecule has 0 fully saturated rings. The van der Waals surface area contributed by atoms with Gasteiger partial charge in [0.05, 0.1) is 0 Å². The monoisotopic (exact) mass is 522 g/mol. The average molecular weight is 523 g/mol. The molecule has 0 unspecified atom stereocenters. The first-order valence-corrected chi connectivity index (χ1v) is 16.9. The number of aliphatic hydroxyl groups excluding tert-OH is 1. The SMILES string of the molecule is CCCCCC[C@H](C/C=C\CCCCCCCCO)O[Si](c1ccccc1)(c1ccccc1)C(C)(C)C. The molecule has 206 valence electrons. The number of hydrogen-bond acceptors (Lipinski definition) is 2. The van der Waals surface area contributed by atoms with Gasteiger partial charge in [-0.15, -0.1) is 0 Å². The van der Waals surface area contributed by atoms with Crippen LogP contribution in [-0.2, 0) is 4.43 Å². The molecule has 0 radical (unpaired) electrons. The first kappa shape index (κ1) is 31.5. The van der Waals surface area contributed by atoms with Gasteiger partial charge in [-0.05, 0) is 47.5 Å². The van der Waals surface area contributed by atoms with Crippen molar-refractivity contribution in [3.63, 3.8) is 0 Å². The summed E-state index contributed by atoms with van der Waals surface area (Å²) in [6, 6.07) is 22.1. The van der Waals surface area contributed by atoms with E-state index in [1.165, 1.54) is 61.7 Å². The lowest BCUT2D eigenvalue weighted by molar-refractivity contribution is 0.176. The second kappa shape index (κ2) is 17.8. The van der Waals surface area contributed by atoms with E-state index in [4.69, 9.17) is 9.53 Å². The van der Waals surface area contributed by atoms with Crippen molar-refractivity contribution in [3.05, 3.63) is 72.8 Å². The smallest absolute Gasteiger partial charge is 0.261 e. The van der Waals surface area contributed by atoms with E-state index in [9.17, 15) is 0 Å². The number of rotatable bonds is 19. The highest BCUT2D eigenvalue weighted by atomic mass is 28.4. The zero-order chi connectivity index (χ0) is 26.8. The summed E-state index contributed by atoms with van der Waals surface area (Å²) in [5.74, 6) is 0. The van der Waals surface area contributed by atoms with Crippen molar-refractivity contribution in [3.8, 4) is 0 Å². The molecule has 37 heavy (non-hydrogen) atoms. The molecule has 0 aromatic heterocycles. The van der Waals surface area contributed by atoms with Crippen molar-refractivity contribution in [2.24, 2.45) is 0 Å². The first-order chi connectivity index (χ1) is 18.0. The van der Waals surface area contributed by atoms with Gasteiger partial charge in [0.15, 0.2) is 0 Å². The highest BCUT2D eigenvalue weighted by molar-refractivity contribution is 6.99. The molecule has 0 spiro atoms. The molecule has 1 N–H and O–H groups in total. The highest BCUT2D eigenvalue weighted by Gasteiger charge is 2.51. The summed E-state index contributed by atoms with van der Waals surface area (Å²) in [5, 5.41) is 11.7. The molecule has 2 aromatic rings. The maximum Gasteiger partial charge on any atom is 0.261 e. The van der Waals surface area contributed by atoms with Gasteiger partial charge in [0.1, 0.15) is 0 Å². The second-order valence-electron chi connectivity index (χ2n) is 11.6. The fourth-order valence-corrected chi connectivity index (χ4v) is 10.1. The van der Waals surface area contributed by atoms with Crippen molar-refractivity contribution in [1.82, 2.24) is 0 Å². The molecule has 0 heterocycles. The van der Waals surface area contributed by atoms with E-state index in [-0.39, 0.29) is 11.1 Å². The molecular formula is C34H54O2Si.